The number of piperidine rings is 1. The van der Waals surface area contributed by atoms with Crippen LogP contribution in [0.5, 0.6) is 11.5 Å². The number of nitrogens with zero attached hydrogens (tertiary/aromatic N) is 1. The van der Waals surface area contributed by atoms with Crippen molar-refractivity contribution in [1.29, 1.82) is 0 Å². The van der Waals surface area contributed by atoms with Crippen LogP contribution in [0.1, 0.15) is 18.1 Å². The Labute approximate surface area is 200 Å². The number of allylic oxidation sites excluding steroid dienone is 4. The Morgan fingerprint density at radius 2 is 1.32 bits per heavy atom. The van der Waals surface area contributed by atoms with Crippen LogP contribution in [0.25, 0.3) is 12.2 Å². The molecule has 0 unspecified atom stereocenters. The summed E-state index contributed by atoms with van der Waals surface area (Å²) in [6.07, 6.45) is 10.3. The molecule has 1 amide bonds. The van der Waals surface area contributed by atoms with Crippen LogP contribution in [0.15, 0.2) is 84.0 Å². The van der Waals surface area contributed by atoms with E-state index in [9.17, 15) is 9.59 Å². The lowest BCUT2D eigenvalue weighted by Crippen LogP contribution is -2.42. The van der Waals surface area contributed by atoms with Crippen LogP contribution in [-0.4, -0.2) is 50.7 Å². The zero-order chi connectivity index (χ0) is 24.3. The standard InChI is InChI=1S/C28H29NO5/c1-4-34-28(31)29-19-23(15-9-13-21-11-5-7-17-25(21)32-2)27(30)24(20-29)16-10-14-22-12-6-8-18-26(22)33-3/h5-18H,4,19-20H2,1-3H3. The Balaban J connectivity index is 1.87. The fourth-order valence-electron chi connectivity index (χ4n) is 3.56. The van der Waals surface area contributed by atoms with Gasteiger partial charge in [-0.3, -0.25) is 9.69 Å². The molecule has 0 aliphatic carbocycles. The number of rotatable bonds is 7. The molecule has 0 spiro atoms. The fourth-order valence-corrected chi connectivity index (χ4v) is 3.56. The Hall–Kier alpha value is -4.06. The van der Waals surface area contributed by atoms with Gasteiger partial charge < -0.3 is 14.2 Å². The molecule has 1 heterocycles. The predicted octanol–water partition coefficient (Wildman–Crippen LogP) is 5.32. The second-order valence-corrected chi connectivity index (χ2v) is 7.47. The number of carbonyl (C=O) groups excluding carboxylic acids is 2. The molecular formula is C28H29NO5. The van der Waals surface area contributed by atoms with Crippen molar-refractivity contribution in [2.24, 2.45) is 0 Å². The average molecular weight is 460 g/mol. The van der Waals surface area contributed by atoms with Crippen LogP contribution < -0.4 is 9.47 Å². The Morgan fingerprint density at radius 1 is 0.853 bits per heavy atom. The molecule has 0 atom stereocenters. The largest absolute Gasteiger partial charge is 0.496 e. The summed E-state index contributed by atoms with van der Waals surface area (Å²) in [7, 11) is 3.23. The lowest BCUT2D eigenvalue weighted by molar-refractivity contribution is -0.113. The van der Waals surface area contributed by atoms with Crippen LogP contribution in [0.2, 0.25) is 0 Å². The number of ketones is 1. The molecule has 3 rings (SSSR count). The lowest BCUT2D eigenvalue weighted by atomic mass is 9.97. The predicted molar refractivity (Wildman–Crippen MR) is 134 cm³/mol. The minimum absolute atomic E-state index is 0.102. The first-order valence-electron chi connectivity index (χ1n) is 11.0. The highest BCUT2D eigenvalue weighted by molar-refractivity contribution is 6.10. The van der Waals surface area contributed by atoms with Gasteiger partial charge in [-0.2, -0.15) is 0 Å². The molecule has 0 saturated carbocycles. The minimum atomic E-state index is -0.450. The summed E-state index contributed by atoms with van der Waals surface area (Å²) in [5.74, 6) is 1.37. The third kappa shape index (κ3) is 6.25. The molecular weight excluding hydrogens is 430 g/mol. The SMILES string of the molecule is CCOC(=O)N1CC(=CC=Cc2ccccc2OC)C(=O)C(=CC=Cc2ccccc2OC)C1. The molecule has 0 radical (unpaired) electrons. The second kappa shape index (κ2) is 12.3. The van der Waals surface area contributed by atoms with Gasteiger partial charge in [-0.05, 0) is 19.1 Å². The average Bonchev–Trinajstić information content (AvgIpc) is 2.86. The summed E-state index contributed by atoms with van der Waals surface area (Å²) < 4.78 is 15.9. The number of benzene rings is 2. The maximum absolute atomic E-state index is 13.1. The van der Waals surface area contributed by atoms with Crippen molar-refractivity contribution in [2.75, 3.05) is 33.9 Å². The highest BCUT2D eigenvalue weighted by Crippen LogP contribution is 2.22. The topological polar surface area (TPSA) is 65.1 Å². The molecule has 2 aromatic rings. The van der Waals surface area contributed by atoms with Crippen molar-refractivity contribution in [2.45, 2.75) is 6.92 Å². The number of amides is 1. The molecule has 0 aromatic heterocycles. The van der Waals surface area contributed by atoms with Gasteiger partial charge in [-0.1, -0.05) is 72.9 Å². The zero-order valence-corrected chi connectivity index (χ0v) is 19.7. The summed E-state index contributed by atoms with van der Waals surface area (Å²) in [6, 6.07) is 15.2. The van der Waals surface area contributed by atoms with Gasteiger partial charge in [-0.25, -0.2) is 4.79 Å². The molecule has 1 fully saturated rings. The van der Waals surface area contributed by atoms with E-state index in [2.05, 4.69) is 0 Å². The van der Waals surface area contributed by atoms with Crippen LogP contribution in [0.3, 0.4) is 0 Å². The third-order valence-electron chi connectivity index (χ3n) is 5.26. The maximum atomic E-state index is 13.1. The van der Waals surface area contributed by atoms with Crippen LogP contribution in [0, 0.1) is 0 Å². The molecule has 6 heteroatoms. The molecule has 1 saturated heterocycles. The number of para-hydroxylation sites is 2. The minimum Gasteiger partial charge on any atom is -0.496 e. The van der Waals surface area contributed by atoms with E-state index in [-0.39, 0.29) is 25.5 Å². The van der Waals surface area contributed by atoms with Crippen molar-refractivity contribution < 1.29 is 23.8 Å². The van der Waals surface area contributed by atoms with Gasteiger partial charge in [0.1, 0.15) is 11.5 Å². The molecule has 6 nitrogen and oxygen atoms in total. The number of hydrogen-bond acceptors (Lipinski definition) is 5. The van der Waals surface area contributed by atoms with E-state index in [1.165, 1.54) is 4.90 Å². The Bertz CT molecular complexity index is 1060. The summed E-state index contributed by atoms with van der Waals surface area (Å²) in [6.45, 7) is 2.39. The summed E-state index contributed by atoms with van der Waals surface area (Å²) in [5, 5.41) is 0. The lowest BCUT2D eigenvalue weighted by Gasteiger charge is -2.28. The number of methoxy groups -OCH3 is 2. The van der Waals surface area contributed by atoms with Crippen molar-refractivity contribution in [3.8, 4) is 11.5 Å². The molecule has 2 aromatic carbocycles. The van der Waals surface area contributed by atoms with Crippen molar-refractivity contribution in [3.63, 3.8) is 0 Å². The molecule has 176 valence electrons. The second-order valence-electron chi connectivity index (χ2n) is 7.47. The molecule has 34 heavy (non-hydrogen) atoms. The van der Waals surface area contributed by atoms with E-state index >= 15 is 0 Å². The maximum Gasteiger partial charge on any atom is 0.410 e. The number of likely N-dealkylation sites (tertiary alicyclic amines) is 1. The monoisotopic (exact) mass is 459 g/mol. The van der Waals surface area contributed by atoms with Crippen LogP contribution >= 0.6 is 0 Å². The van der Waals surface area contributed by atoms with Gasteiger partial charge in [0.2, 0.25) is 0 Å². The van der Waals surface area contributed by atoms with Crippen molar-refractivity contribution in [3.05, 3.63) is 95.1 Å². The fraction of sp³-hybridized carbons (Fsp3) is 0.214. The first kappa shape index (κ1) is 24.6. The summed E-state index contributed by atoms with van der Waals surface area (Å²) >= 11 is 0. The molecule has 0 bridgehead atoms. The van der Waals surface area contributed by atoms with E-state index in [1.807, 2.05) is 60.7 Å². The van der Waals surface area contributed by atoms with Gasteiger partial charge >= 0.3 is 6.09 Å². The highest BCUT2D eigenvalue weighted by Gasteiger charge is 2.29. The van der Waals surface area contributed by atoms with Gasteiger partial charge in [-0.15, -0.1) is 0 Å². The van der Waals surface area contributed by atoms with E-state index < -0.39 is 6.09 Å². The molecule has 0 N–H and O–H groups in total. The summed E-state index contributed by atoms with van der Waals surface area (Å²) in [5.41, 5.74) is 2.79. The third-order valence-corrected chi connectivity index (χ3v) is 5.26. The molecule has 1 aliphatic rings. The smallest absolute Gasteiger partial charge is 0.410 e. The van der Waals surface area contributed by atoms with Crippen molar-refractivity contribution in [1.82, 2.24) is 4.90 Å². The zero-order valence-electron chi connectivity index (χ0n) is 19.7. The van der Waals surface area contributed by atoms with Crippen molar-refractivity contribution >= 4 is 24.0 Å². The number of hydrogen-bond donors (Lipinski definition) is 0. The quantitative estimate of drug-likeness (QED) is 0.524. The first-order chi connectivity index (χ1) is 16.6. The molecule has 1 aliphatic heterocycles. The van der Waals surface area contributed by atoms with Gasteiger partial charge in [0.15, 0.2) is 5.78 Å². The summed E-state index contributed by atoms with van der Waals surface area (Å²) in [4.78, 5) is 27.1. The van der Waals surface area contributed by atoms with E-state index in [0.29, 0.717) is 11.1 Å². The Morgan fingerprint density at radius 3 is 1.76 bits per heavy atom. The normalized spacial score (nSPS) is 16.6. The van der Waals surface area contributed by atoms with Gasteiger partial charge in [0.25, 0.3) is 0 Å². The Kier molecular flexibility index (Phi) is 8.86. The van der Waals surface area contributed by atoms with E-state index in [0.717, 1.165) is 22.6 Å². The number of ether oxygens (including phenoxy) is 3. The number of carbonyl (C=O) groups is 2. The highest BCUT2D eigenvalue weighted by atomic mass is 16.6. The van der Waals surface area contributed by atoms with Gasteiger partial charge in [0, 0.05) is 22.3 Å². The van der Waals surface area contributed by atoms with Gasteiger partial charge in [0.05, 0.1) is 33.9 Å². The van der Waals surface area contributed by atoms with E-state index in [1.54, 1.807) is 45.4 Å². The van der Waals surface area contributed by atoms with E-state index in [4.69, 9.17) is 14.2 Å². The number of Topliss-reactive ketones (excluding diaryl/α,β-unsaturated/α-hetero) is 1. The first-order valence-corrected chi connectivity index (χ1v) is 11.0. The van der Waals surface area contributed by atoms with Crippen LogP contribution in [-0.2, 0) is 9.53 Å². The van der Waals surface area contributed by atoms with Crippen LogP contribution in [0.4, 0.5) is 4.79 Å².